The summed E-state index contributed by atoms with van der Waals surface area (Å²) in [5.41, 5.74) is 1.95. The third-order valence-electron chi connectivity index (χ3n) is 2.02. The van der Waals surface area contributed by atoms with Gasteiger partial charge in [-0.1, -0.05) is 16.6 Å². The van der Waals surface area contributed by atoms with E-state index in [2.05, 4.69) is 9.59 Å². The van der Waals surface area contributed by atoms with Crippen LogP contribution in [-0.2, 0) is 0 Å². The van der Waals surface area contributed by atoms with Crippen molar-refractivity contribution in [1.29, 1.82) is 0 Å². The number of hydrogen-bond acceptors (Lipinski definition) is 4. The smallest absolute Gasteiger partial charge is 0.335 e. The van der Waals surface area contributed by atoms with Gasteiger partial charge in [-0.2, -0.15) is 0 Å². The van der Waals surface area contributed by atoms with E-state index in [4.69, 9.17) is 5.11 Å². The van der Waals surface area contributed by atoms with Crippen molar-refractivity contribution in [2.45, 2.75) is 6.92 Å². The molecule has 0 saturated heterocycles. The first-order valence-electron chi connectivity index (χ1n) is 4.31. The van der Waals surface area contributed by atoms with E-state index in [1.165, 1.54) is 11.5 Å². The van der Waals surface area contributed by atoms with Crippen LogP contribution in [0.25, 0.3) is 10.4 Å². The Morgan fingerprint density at radius 2 is 2.27 bits per heavy atom. The lowest BCUT2D eigenvalue weighted by molar-refractivity contribution is 0.0697. The molecule has 2 rings (SSSR count). The van der Waals surface area contributed by atoms with Gasteiger partial charge in [-0.05, 0) is 36.2 Å². The summed E-state index contributed by atoms with van der Waals surface area (Å²) in [6.45, 7) is 1.85. The van der Waals surface area contributed by atoms with Gasteiger partial charge in [0.25, 0.3) is 0 Å². The van der Waals surface area contributed by atoms with Crippen molar-refractivity contribution >= 4 is 17.5 Å². The monoisotopic (exact) mass is 220 g/mol. The van der Waals surface area contributed by atoms with Crippen LogP contribution in [0.3, 0.4) is 0 Å². The molecule has 0 bridgehead atoms. The van der Waals surface area contributed by atoms with E-state index >= 15 is 0 Å². The lowest BCUT2D eigenvalue weighted by Gasteiger charge is -1.99. The Hall–Kier alpha value is -1.75. The molecule has 1 heterocycles. The molecule has 0 unspecified atom stereocenters. The van der Waals surface area contributed by atoms with E-state index in [1.54, 1.807) is 18.2 Å². The Morgan fingerprint density at radius 3 is 2.87 bits per heavy atom. The van der Waals surface area contributed by atoms with Crippen molar-refractivity contribution < 1.29 is 9.90 Å². The van der Waals surface area contributed by atoms with Crippen LogP contribution in [0.15, 0.2) is 24.3 Å². The molecule has 0 radical (unpaired) electrons. The molecule has 4 nitrogen and oxygen atoms in total. The van der Waals surface area contributed by atoms with Gasteiger partial charge in [0.1, 0.15) is 0 Å². The van der Waals surface area contributed by atoms with Crippen LogP contribution >= 0.6 is 11.5 Å². The highest BCUT2D eigenvalue weighted by atomic mass is 32.1. The molecule has 0 aliphatic carbocycles. The van der Waals surface area contributed by atoms with Crippen LogP contribution in [0.1, 0.15) is 16.1 Å². The summed E-state index contributed by atoms with van der Waals surface area (Å²) in [4.78, 5) is 11.7. The largest absolute Gasteiger partial charge is 0.478 e. The number of carbonyl (C=O) groups is 1. The summed E-state index contributed by atoms with van der Waals surface area (Å²) in [5, 5.41) is 12.7. The molecular formula is C10H8N2O2S. The number of hydrogen-bond donors (Lipinski definition) is 1. The van der Waals surface area contributed by atoms with Crippen LogP contribution in [0.4, 0.5) is 0 Å². The minimum Gasteiger partial charge on any atom is -0.478 e. The maximum absolute atomic E-state index is 10.8. The van der Waals surface area contributed by atoms with Crippen molar-refractivity contribution in [3.05, 3.63) is 35.5 Å². The molecule has 0 saturated carbocycles. The third-order valence-corrected chi connectivity index (χ3v) is 2.90. The summed E-state index contributed by atoms with van der Waals surface area (Å²) < 4.78 is 3.82. The lowest BCUT2D eigenvalue weighted by Crippen LogP contribution is -1.95. The molecule has 0 aliphatic heterocycles. The first-order chi connectivity index (χ1) is 7.18. The minimum atomic E-state index is -0.924. The van der Waals surface area contributed by atoms with Crippen LogP contribution < -0.4 is 0 Å². The number of benzene rings is 1. The average Bonchev–Trinajstić information content (AvgIpc) is 2.64. The SMILES string of the molecule is Cc1nnsc1-c1cccc(C(=O)O)c1. The highest BCUT2D eigenvalue weighted by molar-refractivity contribution is 7.09. The Labute approximate surface area is 90.4 Å². The van der Waals surface area contributed by atoms with E-state index in [0.717, 1.165) is 16.1 Å². The van der Waals surface area contributed by atoms with Gasteiger partial charge in [0.05, 0.1) is 16.1 Å². The number of rotatable bonds is 2. The Morgan fingerprint density at radius 1 is 1.47 bits per heavy atom. The summed E-state index contributed by atoms with van der Waals surface area (Å²) in [5.74, 6) is -0.924. The van der Waals surface area contributed by atoms with Gasteiger partial charge in [0.2, 0.25) is 0 Å². The van der Waals surface area contributed by atoms with Crippen molar-refractivity contribution in [3.63, 3.8) is 0 Å². The van der Waals surface area contributed by atoms with Crippen molar-refractivity contribution in [2.75, 3.05) is 0 Å². The van der Waals surface area contributed by atoms with Gasteiger partial charge in [0, 0.05) is 0 Å². The maximum atomic E-state index is 10.8. The fraction of sp³-hybridized carbons (Fsp3) is 0.100. The molecule has 0 atom stereocenters. The summed E-state index contributed by atoms with van der Waals surface area (Å²) in [7, 11) is 0. The highest BCUT2D eigenvalue weighted by Crippen LogP contribution is 2.25. The molecule has 0 fully saturated rings. The molecular weight excluding hydrogens is 212 g/mol. The molecule has 0 spiro atoms. The van der Waals surface area contributed by atoms with Gasteiger partial charge in [-0.25, -0.2) is 4.79 Å². The van der Waals surface area contributed by atoms with E-state index < -0.39 is 5.97 Å². The molecule has 5 heteroatoms. The highest BCUT2D eigenvalue weighted by Gasteiger charge is 2.09. The summed E-state index contributed by atoms with van der Waals surface area (Å²) in [6.07, 6.45) is 0. The molecule has 15 heavy (non-hydrogen) atoms. The Bertz CT molecular complexity index is 508. The summed E-state index contributed by atoms with van der Waals surface area (Å²) >= 11 is 1.27. The second kappa shape index (κ2) is 3.78. The number of carboxylic acid groups (broad SMARTS) is 1. The van der Waals surface area contributed by atoms with E-state index in [-0.39, 0.29) is 5.56 Å². The maximum Gasteiger partial charge on any atom is 0.335 e. The van der Waals surface area contributed by atoms with E-state index in [1.807, 2.05) is 13.0 Å². The zero-order valence-electron chi connectivity index (χ0n) is 7.97. The van der Waals surface area contributed by atoms with Crippen LogP contribution in [-0.4, -0.2) is 20.7 Å². The van der Waals surface area contributed by atoms with Crippen molar-refractivity contribution in [3.8, 4) is 10.4 Å². The first kappa shape index (κ1) is 9.79. The lowest BCUT2D eigenvalue weighted by atomic mass is 10.1. The van der Waals surface area contributed by atoms with Gasteiger partial charge in [-0.3, -0.25) is 0 Å². The summed E-state index contributed by atoms with van der Waals surface area (Å²) in [6, 6.07) is 6.77. The van der Waals surface area contributed by atoms with E-state index in [0.29, 0.717) is 0 Å². The van der Waals surface area contributed by atoms with Gasteiger partial charge >= 0.3 is 5.97 Å². The Balaban J connectivity index is 2.50. The number of carboxylic acids is 1. The zero-order valence-corrected chi connectivity index (χ0v) is 8.78. The van der Waals surface area contributed by atoms with E-state index in [9.17, 15) is 4.79 Å². The van der Waals surface area contributed by atoms with Crippen molar-refractivity contribution in [2.24, 2.45) is 0 Å². The third kappa shape index (κ3) is 1.87. The average molecular weight is 220 g/mol. The van der Waals surface area contributed by atoms with Gasteiger partial charge < -0.3 is 5.11 Å². The van der Waals surface area contributed by atoms with Crippen LogP contribution in [0, 0.1) is 6.92 Å². The van der Waals surface area contributed by atoms with Gasteiger partial charge in [0.15, 0.2) is 0 Å². The number of aryl methyl sites for hydroxylation is 1. The minimum absolute atomic E-state index is 0.278. The predicted molar refractivity (Wildman–Crippen MR) is 57.0 cm³/mol. The predicted octanol–water partition coefficient (Wildman–Crippen LogP) is 2.21. The molecule has 1 aromatic carbocycles. The second-order valence-electron chi connectivity index (χ2n) is 3.07. The number of nitrogens with zero attached hydrogens (tertiary/aromatic N) is 2. The zero-order chi connectivity index (χ0) is 10.8. The molecule has 1 N–H and O–H groups in total. The quantitative estimate of drug-likeness (QED) is 0.842. The fourth-order valence-corrected chi connectivity index (χ4v) is 1.94. The topological polar surface area (TPSA) is 63.1 Å². The Kier molecular flexibility index (Phi) is 2.47. The van der Waals surface area contributed by atoms with Crippen molar-refractivity contribution in [1.82, 2.24) is 9.59 Å². The molecule has 0 aliphatic rings. The molecule has 1 aromatic heterocycles. The molecule has 0 amide bonds. The van der Waals surface area contributed by atoms with Crippen LogP contribution in [0.2, 0.25) is 0 Å². The first-order valence-corrected chi connectivity index (χ1v) is 5.08. The number of aromatic nitrogens is 2. The second-order valence-corrected chi connectivity index (χ2v) is 3.83. The fourth-order valence-electron chi connectivity index (χ4n) is 1.29. The van der Waals surface area contributed by atoms with Crippen LogP contribution in [0.5, 0.6) is 0 Å². The molecule has 2 aromatic rings. The standard InChI is InChI=1S/C10H8N2O2S/c1-6-9(15-12-11-6)7-3-2-4-8(5-7)10(13)14/h2-5H,1H3,(H,13,14). The normalized spacial score (nSPS) is 10.2. The number of aromatic carboxylic acids is 1. The molecule has 76 valence electrons. The van der Waals surface area contributed by atoms with Gasteiger partial charge in [-0.15, -0.1) is 5.10 Å².